The van der Waals surface area contributed by atoms with E-state index >= 15 is 0 Å². The minimum absolute atomic E-state index is 0.194. The Hall–Kier alpha value is -1.35. The van der Waals surface area contributed by atoms with Gasteiger partial charge in [-0.2, -0.15) is 0 Å². The first kappa shape index (κ1) is 16.0. The van der Waals surface area contributed by atoms with E-state index in [0.29, 0.717) is 12.0 Å². The Morgan fingerprint density at radius 2 is 1.86 bits per heavy atom. The molecule has 2 rings (SSSR count). The van der Waals surface area contributed by atoms with Crippen LogP contribution in [-0.2, 0) is 0 Å². The standard InChI is InChI=1S/C18H28N2O/c1-4-13-20(17-9-11-19-12-10-17)18(21)16-7-5-15(6-8-16)14(2)3/h5-8,14,17,19H,4,9-13H2,1-3H3. The summed E-state index contributed by atoms with van der Waals surface area (Å²) in [6.45, 7) is 9.39. The fourth-order valence-corrected chi connectivity index (χ4v) is 2.99. The van der Waals surface area contributed by atoms with Gasteiger partial charge in [-0.15, -0.1) is 0 Å². The van der Waals surface area contributed by atoms with E-state index in [0.717, 1.165) is 44.5 Å². The number of nitrogens with one attached hydrogen (secondary N) is 1. The molecule has 1 saturated heterocycles. The molecular weight excluding hydrogens is 260 g/mol. The Bertz CT molecular complexity index is 447. The van der Waals surface area contributed by atoms with Crippen molar-refractivity contribution in [2.45, 2.75) is 52.0 Å². The summed E-state index contributed by atoms with van der Waals surface area (Å²) in [5.74, 6) is 0.698. The first-order chi connectivity index (χ1) is 10.1. The minimum atomic E-state index is 0.194. The normalized spacial score (nSPS) is 16.2. The van der Waals surface area contributed by atoms with Crippen molar-refractivity contribution in [1.82, 2.24) is 10.2 Å². The monoisotopic (exact) mass is 288 g/mol. The SMILES string of the molecule is CCCN(C(=O)c1ccc(C(C)C)cc1)C1CCNCC1. The van der Waals surface area contributed by atoms with E-state index in [2.05, 4.69) is 43.1 Å². The number of carbonyl (C=O) groups excluding carboxylic acids is 1. The van der Waals surface area contributed by atoms with Crippen LogP contribution in [0, 0.1) is 0 Å². The molecule has 0 saturated carbocycles. The van der Waals surface area contributed by atoms with E-state index < -0.39 is 0 Å². The number of amides is 1. The quantitative estimate of drug-likeness (QED) is 0.900. The molecule has 0 unspecified atom stereocenters. The predicted molar refractivity (Wildman–Crippen MR) is 87.8 cm³/mol. The molecule has 1 aromatic rings. The van der Waals surface area contributed by atoms with Crippen molar-refractivity contribution in [2.24, 2.45) is 0 Å². The van der Waals surface area contributed by atoms with Crippen LogP contribution in [-0.4, -0.2) is 36.5 Å². The Morgan fingerprint density at radius 1 is 1.24 bits per heavy atom. The Kier molecular flexibility index (Phi) is 5.80. The van der Waals surface area contributed by atoms with Gasteiger partial charge in [-0.05, 0) is 56.0 Å². The number of hydrogen-bond acceptors (Lipinski definition) is 2. The molecule has 1 aliphatic heterocycles. The molecule has 0 aromatic heterocycles. The number of hydrogen-bond donors (Lipinski definition) is 1. The smallest absolute Gasteiger partial charge is 0.254 e. The average Bonchev–Trinajstić information content (AvgIpc) is 2.53. The number of carbonyl (C=O) groups is 1. The highest BCUT2D eigenvalue weighted by Crippen LogP contribution is 2.19. The second kappa shape index (κ2) is 7.60. The van der Waals surface area contributed by atoms with Crippen LogP contribution in [0.5, 0.6) is 0 Å². The fraction of sp³-hybridized carbons (Fsp3) is 0.611. The second-order valence-electron chi connectivity index (χ2n) is 6.26. The van der Waals surface area contributed by atoms with Gasteiger partial charge >= 0.3 is 0 Å². The minimum Gasteiger partial charge on any atom is -0.336 e. The summed E-state index contributed by atoms with van der Waals surface area (Å²) in [6, 6.07) is 8.54. The zero-order valence-corrected chi connectivity index (χ0v) is 13.6. The molecule has 1 N–H and O–H groups in total. The lowest BCUT2D eigenvalue weighted by molar-refractivity contribution is 0.0642. The van der Waals surface area contributed by atoms with Gasteiger partial charge in [-0.1, -0.05) is 32.9 Å². The molecule has 1 amide bonds. The molecule has 0 atom stereocenters. The van der Waals surface area contributed by atoms with Gasteiger partial charge in [0.1, 0.15) is 0 Å². The third kappa shape index (κ3) is 4.07. The van der Waals surface area contributed by atoms with E-state index in [1.807, 2.05) is 12.1 Å². The van der Waals surface area contributed by atoms with Crippen molar-refractivity contribution in [2.75, 3.05) is 19.6 Å². The summed E-state index contributed by atoms with van der Waals surface area (Å²) in [5.41, 5.74) is 2.11. The van der Waals surface area contributed by atoms with Crippen LogP contribution in [0.15, 0.2) is 24.3 Å². The van der Waals surface area contributed by atoms with Gasteiger partial charge in [-0.3, -0.25) is 4.79 Å². The predicted octanol–water partition coefficient (Wildman–Crippen LogP) is 3.41. The third-order valence-electron chi connectivity index (χ3n) is 4.30. The lowest BCUT2D eigenvalue weighted by Gasteiger charge is -2.34. The van der Waals surface area contributed by atoms with Crippen molar-refractivity contribution in [3.8, 4) is 0 Å². The number of benzene rings is 1. The Morgan fingerprint density at radius 3 is 2.38 bits per heavy atom. The molecule has 0 aliphatic carbocycles. The van der Waals surface area contributed by atoms with E-state index in [4.69, 9.17) is 0 Å². The molecule has 0 radical (unpaired) electrons. The van der Waals surface area contributed by atoms with Gasteiger partial charge in [0.05, 0.1) is 0 Å². The fourth-order valence-electron chi connectivity index (χ4n) is 2.99. The van der Waals surface area contributed by atoms with Crippen LogP contribution in [0.25, 0.3) is 0 Å². The maximum Gasteiger partial charge on any atom is 0.254 e. The summed E-state index contributed by atoms with van der Waals surface area (Å²) in [5, 5.41) is 3.37. The number of rotatable bonds is 5. The first-order valence-electron chi connectivity index (χ1n) is 8.25. The van der Waals surface area contributed by atoms with Gasteiger partial charge in [0, 0.05) is 18.2 Å². The van der Waals surface area contributed by atoms with Crippen LogP contribution < -0.4 is 5.32 Å². The van der Waals surface area contributed by atoms with Crippen LogP contribution in [0.3, 0.4) is 0 Å². The Labute approximate surface area is 128 Å². The van der Waals surface area contributed by atoms with Crippen molar-refractivity contribution >= 4 is 5.91 Å². The highest BCUT2D eigenvalue weighted by atomic mass is 16.2. The van der Waals surface area contributed by atoms with Crippen LogP contribution in [0.2, 0.25) is 0 Å². The summed E-state index contributed by atoms with van der Waals surface area (Å²) in [4.78, 5) is 14.9. The zero-order valence-electron chi connectivity index (χ0n) is 13.6. The molecule has 1 heterocycles. The summed E-state index contributed by atoms with van der Waals surface area (Å²) in [7, 11) is 0. The molecule has 3 heteroatoms. The van der Waals surface area contributed by atoms with E-state index in [9.17, 15) is 4.79 Å². The molecule has 116 valence electrons. The largest absolute Gasteiger partial charge is 0.336 e. The van der Waals surface area contributed by atoms with E-state index in [-0.39, 0.29) is 5.91 Å². The highest BCUT2D eigenvalue weighted by molar-refractivity contribution is 5.94. The summed E-state index contributed by atoms with van der Waals surface area (Å²) >= 11 is 0. The zero-order chi connectivity index (χ0) is 15.2. The highest BCUT2D eigenvalue weighted by Gasteiger charge is 2.25. The third-order valence-corrected chi connectivity index (χ3v) is 4.30. The number of nitrogens with zero attached hydrogens (tertiary/aromatic N) is 1. The van der Waals surface area contributed by atoms with Crippen molar-refractivity contribution in [3.63, 3.8) is 0 Å². The molecule has 21 heavy (non-hydrogen) atoms. The molecule has 1 aliphatic rings. The maximum atomic E-state index is 12.8. The first-order valence-corrected chi connectivity index (χ1v) is 8.25. The van der Waals surface area contributed by atoms with Gasteiger partial charge in [-0.25, -0.2) is 0 Å². The lowest BCUT2D eigenvalue weighted by Crippen LogP contribution is -2.46. The molecule has 1 aromatic carbocycles. The van der Waals surface area contributed by atoms with Crippen LogP contribution in [0.4, 0.5) is 0 Å². The molecule has 0 spiro atoms. The summed E-state index contributed by atoms with van der Waals surface area (Å²) < 4.78 is 0. The lowest BCUT2D eigenvalue weighted by atomic mass is 10.00. The molecule has 1 fully saturated rings. The molecule has 3 nitrogen and oxygen atoms in total. The maximum absolute atomic E-state index is 12.8. The number of piperidine rings is 1. The molecular formula is C18H28N2O. The van der Waals surface area contributed by atoms with E-state index in [1.54, 1.807) is 0 Å². The van der Waals surface area contributed by atoms with Gasteiger partial charge in [0.25, 0.3) is 5.91 Å². The van der Waals surface area contributed by atoms with E-state index in [1.165, 1.54) is 5.56 Å². The van der Waals surface area contributed by atoms with Crippen molar-refractivity contribution in [3.05, 3.63) is 35.4 Å². The van der Waals surface area contributed by atoms with Gasteiger partial charge in [0.2, 0.25) is 0 Å². The average molecular weight is 288 g/mol. The van der Waals surface area contributed by atoms with Crippen LogP contribution in [0.1, 0.15) is 61.9 Å². The second-order valence-corrected chi connectivity index (χ2v) is 6.26. The van der Waals surface area contributed by atoms with Crippen LogP contribution >= 0.6 is 0 Å². The van der Waals surface area contributed by atoms with Crippen molar-refractivity contribution < 1.29 is 4.79 Å². The van der Waals surface area contributed by atoms with Gasteiger partial charge < -0.3 is 10.2 Å². The summed E-state index contributed by atoms with van der Waals surface area (Å²) in [6.07, 6.45) is 3.14. The van der Waals surface area contributed by atoms with Gasteiger partial charge in [0.15, 0.2) is 0 Å². The van der Waals surface area contributed by atoms with Crippen molar-refractivity contribution in [1.29, 1.82) is 0 Å². The molecule has 0 bridgehead atoms. The topological polar surface area (TPSA) is 32.3 Å². The Balaban J connectivity index is 2.13.